The molecule has 6 rings (SSSR count). The molecule has 294 valence electrons. The quantitative estimate of drug-likeness (QED) is 0.143. The second-order valence-corrected chi connectivity index (χ2v) is 16.4. The van der Waals surface area contributed by atoms with Crippen molar-refractivity contribution in [2.24, 2.45) is 11.8 Å². The third-order valence-electron chi connectivity index (χ3n) is 12.2. The highest BCUT2D eigenvalue weighted by atomic mass is 14.3. The number of hydrogen-bond acceptors (Lipinski definition) is 2. The van der Waals surface area contributed by atoms with Crippen LogP contribution in [0.5, 0.6) is 0 Å². The molecule has 0 saturated heterocycles. The monoisotopic (exact) mass is 753 g/mol. The highest BCUT2D eigenvalue weighted by Crippen LogP contribution is 2.37. The molecule has 0 spiro atoms. The van der Waals surface area contributed by atoms with Gasteiger partial charge in [-0.3, -0.25) is 0 Å². The maximum atomic E-state index is 9.45. The van der Waals surface area contributed by atoms with E-state index in [9.17, 15) is 10.5 Å². The minimum absolute atomic E-state index is 0.482. The summed E-state index contributed by atoms with van der Waals surface area (Å²) in [6.45, 7) is 8.80. The van der Waals surface area contributed by atoms with E-state index in [4.69, 9.17) is 0 Å². The Bertz CT molecular complexity index is 2050. The molecule has 2 aliphatic rings. The Hall–Kier alpha value is -5.02. The molecule has 0 aromatic heterocycles. The maximum absolute atomic E-state index is 9.45. The molecule has 4 aromatic carbocycles. The van der Waals surface area contributed by atoms with Gasteiger partial charge in [0, 0.05) is 23.0 Å². The molecule has 0 N–H and O–H groups in total. The molecule has 4 aromatic rings. The van der Waals surface area contributed by atoms with E-state index < -0.39 is 0 Å². The molecule has 2 aliphatic carbocycles. The second kappa shape index (κ2) is 23.3. The Kier molecular flexibility index (Phi) is 17.6. The molecule has 0 atom stereocenters. The topological polar surface area (TPSA) is 47.6 Å². The zero-order chi connectivity index (χ0) is 40.2. The van der Waals surface area contributed by atoms with Crippen LogP contribution in [-0.4, -0.2) is 0 Å². The second-order valence-electron chi connectivity index (χ2n) is 16.4. The minimum Gasteiger partial charge on any atom is -0.192 e. The fourth-order valence-electron chi connectivity index (χ4n) is 8.47. The van der Waals surface area contributed by atoms with Crippen molar-refractivity contribution < 1.29 is 0 Å². The summed E-state index contributed by atoms with van der Waals surface area (Å²) in [6, 6.07) is 35.5. The van der Waals surface area contributed by atoms with Crippen molar-refractivity contribution in [3.05, 3.63) is 141 Å². The van der Waals surface area contributed by atoms with Crippen LogP contribution in [0.4, 0.5) is 0 Å². The smallest absolute Gasteiger partial charge is 0.0994 e. The molecule has 0 aliphatic heterocycles. The van der Waals surface area contributed by atoms with Crippen molar-refractivity contribution in [3.63, 3.8) is 0 Å². The third kappa shape index (κ3) is 13.3. The van der Waals surface area contributed by atoms with Crippen LogP contribution in [0.3, 0.4) is 0 Å². The van der Waals surface area contributed by atoms with Crippen molar-refractivity contribution in [1.82, 2.24) is 0 Å². The SMILES string of the molecule is CCCCc1ccc(C#C[C@H]2CC[C@H](c3ccc(CC)cc3)CC2)cc1C#N.CCCCc1ccc(C#C[C@H]2CC[C@H](c3ccc(CCC)cc3)CC2)cc1C#N. The summed E-state index contributed by atoms with van der Waals surface area (Å²) in [5, 5.41) is 18.9. The lowest BCUT2D eigenvalue weighted by atomic mass is 9.78. The van der Waals surface area contributed by atoms with Crippen molar-refractivity contribution in [1.29, 1.82) is 10.5 Å². The van der Waals surface area contributed by atoms with Crippen LogP contribution >= 0.6 is 0 Å². The van der Waals surface area contributed by atoms with Crippen LogP contribution in [0.2, 0.25) is 0 Å². The van der Waals surface area contributed by atoms with E-state index in [-0.39, 0.29) is 0 Å². The molecule has 0 heterocycles. The molecule has 57 heavy (non-hydrogen) atoms. The van der Waals surface area contributed by atoms with Gasteiger partial charge in [0.05, 0.1) is 23.3 Å². The van der Waals surface area contributed by atoms with Gasteiger partial charge in [0.1, 0.15) is 0 Å². The van der Waals surface area contributed by atoms with Crippen LogP contribution in [0.15, 0.2) is 84.9 Å². The average Bonchev–Trinajstić information content (AvgIpc) is 3.27. The van der Waals surface area contributed by atoms with E-state index in [0.29, 0.717) is 23.7 Å². The van der Waals surface area contributed by atoms with Gasteiger partial charge in [0.2, 0.25) is 0 Å². The number of nitriles is 2. The molecule has 2 nitrogen and oxygen atoms in total. The summed E-state index contributed by atoms with van der Waals surface area (Å²) >= 11 is 0. The van der Waals surface area contributed by atoms with Gasteiger partial charge in [-0.25, -0.2) is 0 Å². The number of aryl methyl sites for hydroxylation is 4. The standard InChI is InChI=1S/C28H33N.C27H31N/c1-3-5-7-25-19-14-24(20-28(25)21-29)9-8-23-12-17-27(18-13-23)26-15-10-22(6-4-2)11-16-26;1-3-5-6-24-18-13-23(19-27(24)20-28)8-7-22-11-16-26(17-12-22)25-14-9-21(4-2)10-15-25/h10-11,14-16,19-20,23,27H,3-7,12-13,17-18H2,1-2H3;9-10,13-15,18-19,22,26H,3-6,11-12,16-17H2,1-2H3/t23-,27-;22-,26-. The number of hydrogen-bond donors (Lipinski definition) is 0. The summed E-state index contributed by atoms with van der Waals surface area (Å²) < 4.78 is 0. The van der Waals surface area contributed by atoms with Gasteiger partial charge >= 0.3 is 0 Å². The van der Waals surface area contributed by atoms with Gasteiger partial charge < -0.3 is 0 Å². The fraction of sp³-hybridized carbons (Fsp3) is 0.455. The predicted octanol–water partition coefficient (Wildman–Crippen LogP) is 14.0. The molecular weight excluding hydrogens is 689 g/mol. The Balaban J connectivity index is 0.000000218. The van der Waals surface area contributed by atoms with Gasteiger partial charge in [0.15, 0.2) is 0 Å². The van der Waals surface area contributed by atoms with Crippen molar-refractivity contribution in [2.45, 2.75) is 149 Å². The third-order valence-corrected chi connectivity index (χ3v) is 12.2. The van der Waals surface area contributed by atoms with Crippen LogP contribution < -0.4 is 0 Å². The van der Waals surface area contributed by atoms with E-state index in [1.165, 1.54) is 86.5 Å². The van der Waals surface area contributed by atoms with Gasteiger partial charge in [-0.15, -0.1) is 0 Å². The summed E-state index contributed by atoms with van der Waals surface area (Å²) in [5.41, 5.74) is 11.7. The summed E-state index contributed by atoms with van der Waals surface area (Å²) in [6.07, 6.45) is 19.6. The van der Waals surface area contributed by atoms with Crippen LogP contribution in [0.25, 0.3) is 0 Å². The Morgan fingerprint density at radius 2 is 0.895 bits per heavy atom. The first-order valence-electron chi connectivity index (χ1n) is 22.2. The minimum atomic E-state index is 0.482. The molecule has 0 unspecified atom stereocenters. The zero-order valence-electron chi connectivity index (χ0n) is 35.3. The van der Waals surface area contributed by atoms with Crippen molar-refractivity contribution >= 4 is 0 Å². The van der Waals surface area contributed by atoms with E-state index in [0.717, 1.165) is 78.3 Å². The van der Waals surface area contributed by atoms with E-state index >= 15 is 0 Å². The van der Waals surface area contributed by atoms with Crippen LogP contribution in [0.1, 0.15) is 179 Å². The lowest BCUT2D eigenvalue weighted by molar-refractivity contribution is 0.384. The summed E-state index contributed by atoms with van der Waals surface area (Å²) in [7, 11) is 0. The van der Waals surface area contributed by atoms with E-state index in [1.807, 2.05) is 12.1 Å². The highest BCUT2D eigenvalue weighted by Gasteiger charge is 2.22. The van der Waals surface area contributed by atoms with Gasteiger partial charge in [-0.05, 0) is 159 Å². The highest BCUT2D eigenvalue weighted by molar-refractivity contribution is 5.48. The Morgan fingerprint density at radius 1 is 0.474 bits per heavy atom. The molecule has 0 radical (unpaired) electrons. The summed E-state index contributed by atoms with van der Waals surface area (Å²) in [4.78, 5) is 0. The van der Waals surface area contributed by atoms with E-state index in [1.54, 1.807) is 0 Å². The number of rotatable bonds is 11. The molecule has 2 fully saturated rings. The molecular formula is C55H64N2. The van der Waals surface area contributed by atoms with Gasteiger partial charge in [-0.2, -0.15) is 10.5 Å². The maximum Gasteiger partial charge on any atom is 0.0994 e. The first kappa shape index (κ1) is 43.1. The molecule has 0 amide bonds. The largest absolute Gasteiger partial charge is 0.192 e. The first-order chi connectivity index (χ1) is 28.0. The van der Waals surface area contributed by atoms with Crippen LogP contribution in [-0.2, 0) is 25.7 Å². The normalized spacial score (nSPS) is 18.6. The predicted molar refractivity (Wildman–Crippen MR) is 239 cm³/mol. The van der Waals surface area contributed by atoms with E-state index in [2.05, 4.69) is 136 Å². The zero-order valence-corrected chi connectivity index (χ0v) is 35.3. The lowest BCUT2D eigenvalue weighted by Gasteiger charge is -2.26. The van der Waals surface area contributed by atoms with Gasteiger partial charge in [-0.1, -0.05) is 131 Å². The van der Waals surface area contributed by atoms with Crippen molar-refractivity contribution in [3.8, 4) is 35.8 Å². The lowest BCUT2D eigenvalue weighted by Crippen LogP contribution is -2.12. The number of nitrogens with zero attached hydrogens (tertiary/aromatic N) is 2. The molecule has 2 heteroatoms. The Labute approximate surface area is 346 Å². The van der Waals surface area contributed by atoms with Gasteiger partial charge in [0.25, 0.3) is 0 Å². The van der Waals surface area contributed by atoms with Crippen LogP contribution in [0, 0.1) is 58.2 Å². The number of unbranched alkanes of at least 4 members (excludes halogenated alkanes) is 2. The van der Waals surface area contributed by atoms with Crippen molar-refractivity contribution in [2.75, 3.05) is 0 Å². The number of benzene rings is 4. The first-order valence-corrected chi connectivity index (χ1v) is 22.2. The molecule has 0 bridgehead atoms. The molecule has 2 saturated carbocycles. The average molecular weight is 753 g/mol. The Morgan fingerprint density at radius 3 is 1.26 bits per heavy atom. The summed E-state index contributed by atoms with van der Waals surface area (Å²) in [5.74, 6) is 16.0. The fourth-order valence-corrected chi connectivity index (χ4v) is 8.47.